The Morgan fingerprint density at radius 3 is 2.41 bits per heavy atom. The van der Waals surface area contributed by atoms with E-state index in [-0.39, 0.29) is 16.5 Å². The van der Waals surface area contributed by atoms with Crippen LogP contribution in [0, 0.1) is 0 Å². The molecule has 1 aliphatic heterocycles. The molecule has 0 saturated carbocycles. The molecule has 0 bridgehead atoms. The summed E-state index contributed by atoms with van der Waals surface area (Å²) in [5.74, 6) is -5.87. The zero-order chi connectivity index (χ0) is 34.0. The Hall–Kier alpha value is -3.83. The van der Waals surface area contributed by atoms with Gasteiger partial charge in [0.15, 0.2) is 0 Å². The minimum atomic E-state index is -3.30. The van der Waals surface area contributed by atoms with Crippen molar-refractivity contribution < 1.29 is 32.7 Å². The van der Waals surface area contributed by atoms with Crippen molar-refractivity contribution in [2.45, 2.75) is 90.0 Å². The first-order chi connectivity index (χ1) is 21.7. The number of nitrogens with zero attached hydrogens (tertiary/aromatic N) is 1. The van der Waals surface area contributed by atoms with Gasteiger partial charge < -0.3 is 25.6 Å². The number of hydrogen-bond acceptors (Lipinski definition) is 5. The number of ether oxygens (including phenoxy) is 1. The van der Waals surface area contributed by atoms with E-state index < -0.39 is 60.8 Å². The molecule has 46 heavy (non-hydrogen) atoms. The van der Waals surface area contributed by atoms with Crippen LogP contribution in [-0.4, -0.2) is 71.8 Å². The highest BCUT2D eigenvalue weighted by atomic mass is 35.5. The van der Waals surface area contributed by atoms with Crippen molar-refractivity contribution in [3.63, 3.8) is 0 Å². The van der Waals surface area contributed by atoms with Crippen LogP contribution in [0.4, 0.5) is 14.5 Å². The number of nitrogens with one attached hydrogen (secondary N) is 3. The highest BCUT2D eigenvalue weighted by Crippen LogP contribution is 2.33. The van der Waals surface area contributed by atoms with Gasteiger partial charge in [-0.25, -0.2) is 8.78 Å². The fourth-order valence-electron chi connectivity index (χ4n) is 5.41. The zero-order valence-corrected chi connectivity index (χ0v) is 27.5. The fourth-order valence-corrected chi connectivity index (χ4v) is 5.64. The summed E-state index contributed by atoms with van der Waals surface area (Å²) in [6.07, 6.45) is 1.18. The molecule has 0 aliphatic carbocycles. The summed E-state index contributed by atoms with van der Waals surface area (Å²) in [6.45, 7) is 9.90. The van der Waals surface area contributed by atoms with Crippen molar-refractivity contribution >= 4 is 40.9 Å². The van der Waals surface area contributed by atoms with Crippen molar-refractivity contribution in [3.8, 4) is 0 Å². The summed E-state index contributed by atoms with van der Waals surface area (Å²) in [5, 5.41) is 8.03. The summed E-state index contributed by atoms with van der Waals surface area (Å²) in [4.78, 5) is 52.1. The summed E-state index contributed by atoms with van der Waals surface area (Å²) < 4.78 is 35.7. The third kappa shape index (κ3) is 10.6. The lowest BCUT2D eigenvalue weighted by Gasteiger charge is -2.32. The van der Waals surface area contributed by atoms with E-state index in [1.54, 1.807) is 0 Å². The molecule has 9 nitrogen and oxygen atoms in total. The lowest BCUT2D eigenvalue weighted by Crippen LogP contribution is -2.55. The number of amides is 4. The quantitative estimate of drug-likeness (QED) is 0.217. The summed E-state index contributed by atoms with van der Waals surface area (Å²) in [6, 6.07) is 10.8. The van der Waals surface area contributed by atoms with E-state index in [4.69, 9.17) is 16.3 Å². The van der Waals surface area contributed by atoms with Crippen molar-refractivity contribution in [1.82, 2.24) is 15.5 Å². The maximum atomic E-state index is 14.7. The van der Waals surface area contributed by atoms with Crippen LogP contribution < -0.4 is 16.0 Å². The second-order valence-electron chi connectivity index (χ2n) is 11.8. The Balaban J connectivity index is 1.71. The predicted octanol–water partition coefficient (Wildman–Crippen LogP) is 5.53. The first kappa shape index (κ1) is 36.6. The van der Waals surface area contributed by atoms with Gasteiger partial charge in [-0.2, -0.15) is 0 Å². The number of anilines is 1. The first-order valence-electron chi connectivity index (χ1n) is 15.4. The number of hydrogen-bond donors (Lipinski definition) is 3. The van der Waals surface area contributed by atoms with E-state index in [0.717, 1.165) is 22.5 Å². The zero-order valence-electron chi connectivity index (χ0n) is 26.7. The molecule has 250 valence electrons. The molecule has 1 heterocycles. The Labute approximate surface area is 274 Å². The third-order valence-corrected chi connectivity index (χ3v) is 7.91. The van der Waals surface area contributed by atoms with Gasteiger partial charge in [-0.05, 0) is 56.9 Å². The molecule has 2 aromatic rings. The van der Waals surface area contributed by atoms with Crippen LogP contribution in [0.2, 0.25) is 5.02 Å². The number of likely N-dealkylation sites (tertiary alicyclic amines) is 1. The molecule has 1 saturated heterocycles. The first-order valence-corrected chi connectivity index (χ1v) is 15.7. The normalized spacial score (nSPS) is 17.5. The molecule has 0 radical (unpaired) electrons. The molecule has 1 fully saturated rings. The molecule has 4 amide bonds. The molecule has 12 heteroatoms. The smallest absolute Gasteiger partial charge is 0.267 e. The number of alkyl halides is 2. The maximum Gasteiger partial charge on any atom is 0.267 e. The molecule has 4 unspecified atom stereocenters. The molecule has 3 N–H and O–H groups in total. The highest BCUT2D eigenvalue weighted by molar-refractivity contribution is 6.34. The van der Waals surface area contributed by atoms with Crippen LogP contribution in [0.1, 0.15) is 69.3 Å². The van der Waals surface area contributed by atoms with Crippen LogP contribution in [0.25, 0.3) is 0 Å². The molecule has 3 rings (SSSR count). The summed E-state index contributed by atoms with van der Waals surface area (Å²) in [5.41, 5.74) is 2.28. The summed E-state index contributed by atoms with van der Waals surface area (Å²) >= 11 is 6.16. The third-order valence-electron chi connectivity index (χ3n) is 7.60. The van der Waals surface area contributed by atoms with E-state index in [1.807, 2.05) is 44.2 Å². The van der Waals surface area contributed by atoms with E-state index in [2.05, 4.69) is 22.5 Å². The molecule has 0 aromatic heterocycles. The van der Waals surface area contributed by atoms with E-state index in [1.165, 1.54) is 32.0 Å². The minimum absolute atomic E-state index is 0.0941. The molecular weight excluding hydrogens is 618 g/mol. The van der Waals surface area contributed by atoms with Crippen molar-refractivity contribution in [3.05, 3.63) is 76.8 Å². The number of carbonyl (C=O) groups excluding carboxylic acids is 4. The van der Waals surface area contributed by atoms with Crippen molar-refractivity contribution in [2.75, 3.05) is 18.5 Å². The Bertz CT molecular complexity index is 1410. The van der Waals surface area contributed by atoms with Crippen LogP contribution in [-0.2, 0) is 25.5 Å². The molecular formula is C34H43ClF2N4O5. The Morgan fingerprint density at radius 2 is 1.80 bits per heavy atom. The van der Waals surface area contributed by atoms with Crippen LogP contribution in [0.15, 0.2) is 60.7 Å². The number of benzene rings is 2. The minimum Gasteiger partial charge on any atom is -0.376 e. The van der Waals surface area contributed by atoms with Gasteiger partial charge >= 0.3 is 0 Å². The van der Waals surface area contributed by atoms with Gasteiger partial charge in [0, 0.05) is 18.9 Å². The fraction of sp³-hybridized carbons (Fsp3) is 0.471. The van der Waals surface area contributed by atoms with Gasteiger partial charge in [-0.3, -0.25) is 19.2 Å². The van der Waals surface area contributed by atoms with Gasteiger partial charge in [0.05, 0.1) is 36.0 Å². The largest absolute Gasteiger partial charge is 0.376 e. The van der Waals surface area contributed by atoms with Gasteiger partial charge in [0.2, 0.25) is 17.7 Å². The van der Waals surface area contributed by atoms with Crippen LogP contribution in [0.3, 0.4) is 0 Å². The number of halogens is 3. The summed E-state index contributed by atoms with van der Waals surface area (Å²) in [7, 11) is 0. The van der Waals surface area contributed by atoms with E-state index in [0.29, 0.717) is 31.6 Å². The second-order valence-corrected chi connectivity index (χ2v) is 12.2. The second kappa shape index (κ2) is 16.6. The standard InChI is InChI=1S/C34H43ClF2N4O5/c1-6-10-30(46-16-15-24-11-8-7-9-12-24)28(17-21(2)3)40-32(44)29-19-34(36,37)20-41(29)33(45)22(4)38-31(43)25-13-14-27(26(35)18-25)39-23(5)42/h7-9,11-14,18,22,28-30H,2,6,10,15-17,19-20H2,1,3-5H3,(H,38,43)(H,39,42)(H,40,44). The van der Waals surface area contributed by atoms with E-state index >= 15 is 0 Å². The highest BCUT2D eigenvalue weighted by Gasteiger charge is 2.51. The average Bonchev–Trinajstić information content (AvgIpc) is 3.32. The maximum absolute atomic E-state index is 14.7. The lowest BCUT2D eigenvalue weighted by atomic mass is 9.98. The van der Waals surface area contributed by atoms with Crippen molar-refractivity contribution in [1.29, 1.82) is 0 Å². The van der Waals surface area contributed by atoms with Gasteiger partial charge in [-0.1, -0.05) is 60.9 Å². The lowest BCUT2D eigenvalue weighted by molar-refractivity contribution is -0.140. The molecule has 1 aliphatic rings. The average molecular weight is 661 g/mol. The molecule has 2 aromatic carbocycles. The Morgan fingerprint density at radius 1 is 1.11 bits per heavy atom. The monoisotopic (exact) mass is 660 g/mol. The van der Waals surface area contributed by atoms with Crippen LogP contribution >= 0.6 is 11.6 Å². The molecule has 4 atom stereocenters. The topological polar surface area (TPSA) is 117 Å². The van der Waals surface area contributed by atoms with Crippen molar-refractivity contribution in [2.24, 2.45) is 0 Å². The predicted molar refractivity (Wildman–Crippen MR) is 174 cm³/mol. The van der Waals surface area contributed by atoms with E-state index in [9.17, 15) is 28.0 Å². The van der Waals surface area contributed by atoms with Gasteiger partial charge in [-0.15, -0.1) is 6.58 Å². The Kier molecular flexibility index (Phi) is 13.3. The van der Waals surface area contributed by atoms with Gasteiger partial charge in [0.25, 0.3) is 11.8 Å². The number of rotatable bonds is 15. The SMILES string of the molecule is C=C(C)CC(NC(=O)C1CC(F)(F)CN1C(=O)C(C)NC(=O)c1ccc(NC(C)=O)c(Cl)c1)C(CCC)OCCc1ccccc1. The molecule has 0 spiro atoms. The number of carbonyl (C=O) groups is 4. The van der Waals surface area contributed by atoms with Gasteiger partial charge in [0.1, 0.15) is 12.1 Å². The van der Waals surface area contributed by atoms with Crippen LogP contribution in [0.5, 0.6) is 0 Å².